The lowest BCUT2D eigenvalue weighted by molar-refractivity contribution is -0.139. The summed E-state index contributed by atoms with van der Waals surface area (Å²) in [5, 5.41) is 4.63. The van der Waals surface area contributed by atoms with Crippen molar-refractivity contribution < 1.29 is 23.9 Å². The number of esters is 1. The van der Waals surface area contributed by atoms with Crippen molar-refractivity contribution in [1.29, 1.82) is 0 Å². The highest BCUT2D eigenvalue weighted by Crippen LogP contribution is 2.20. The van der Waals surface area contributed by atoms with Crippen molar-refractivity contribution in [3.05, 3.63) is 64.2 Å². The fourth-order valence-electron chi connectivity index (χ4n) is 2.08. The molecule has 0 aliphatic carbocycles. The molecule has 24 heavy (non-hydrogen) atoms. The third kappa shape index (κ3) is 3.52. The molecule has 1 aliphatic rings. The molecule has 2 aromatic rings. The molecule has 0 radical (unpaired) electrons. The van der Waals surface area contributed by atoms with E-state index in [-0.39, 0.29) is 23.8 Å². The van der Waals surface area contributed by atoms with Gasteiger partial charge in [0.2, 0.25) is 17.4 Å². The number of rotatable bonds is 6. The van der Waals surface area contributed by atoms with Gasteiger partial charge in [-0.3, -0.25) is 9.59 Å². The molecule has 0 bridgehead atoms. The van der Waals surface area contributed by atoms with E-state index in [0.29, 0.717) is 10.6 Å². The van der Waals surface area contributed by atoms with Crippen LogP contribution in [0, 0.1) is 0 Å². The molecule has 0 fully saturated rings. The predicted octanol–water partition coefficient (Wildman–Crippen LogP) is 2.40. The molecule has 0 amide bonds. The minimum Gasteiger partial charge on any atom is -0.470 e. The summed E-state index contributed by atoms with van der Waals surface area (Å²) in [5.41, 5.74) is 0.458. The number of ether oxygens (including phenoxy) is 2. The largest absolute Gasteiger partial charge is 0.470 e. The van der Waals surface area contributed by atoms with Crippen molar-refractivity contribution in [2.45, 2.75) is 0 Å². The number of hydrogen-bond donors (Lipinski definition) is 1. The van der Waals surface area contributed by atoms with E-state index < -0.39 is 18.4 Å². The van der Waals surface area contributed by atoms with Crippen molar-refractivity contribution in [3.8, 4) is 0 Å². The predicted molar refractivity (Wildman–Crippen MR) is 87.7 cm³/mol. The Hall–Kier alpha value is -2.93. The zero-order chi connectivity index (χ0) is 16.9. The number of benzene rings is 1. The van der Waals surface area contributed by atoms with Crippen molar-refractivity contribution in [1.82, 2.24) is 0 Å². The molecule has 6 nitrogen and oxygen atoms in total. The first-order valence-electron chi connectivity index (χ1n) is 7.11. The summed E-state index contributed by atoms with van der Waals surface area (Å²) in [4.78, 5) is 36.4. The lowest BCUT2D eigenvalue weighted by Crippen LogP contribution is -2.20. The maximum Gasteiger partial charge on any atom is 0.347 e. The molecule has 0 saturated heterocycles. The van der Waals surface area contributed by atoms with Crippen LogP contribution in [-0.4, -0.2) is 30.7 Å². The van der Waals surface area contributed by atoms with Crippen molar-refractivity contribution in [2.24, 2.45) is 0 Å². The van der Waals surface area contributed by atoms with E-state index in [9.17, 15) is 14.4 Å². The Morgan fingerprint density at radius 1 is 1.17 bits per heavy atom. The maximum atomic E-state index is 12.2. The van der Waals surface area contributed by atoms with Gasteiger partial charge in [0.05, 0.1) is 4.88 Å². The zero-order valence-electron chi connectivity index (χ0n) is 12.5. The van der Waals surface area contributed by atoms with Crippen molar-refractivity contribution >= 4 is 34.6 Å². The lowest BCUT2D eigenvalue weighted by atomic mass is 10.2. The Labute approximate surface area is 141 Å². The minimum absolute atomic E-state index is 0.0415. The van der Waals surface area contributed by atoms with Crippen LogP contribution in [-0.2, 0) is 19.1 Å². The molecule has 1 aromatic heterocycles. The first-order chi connectivity index (χ1) is 11.6. The first-order valence-corrected chi connectivity index (χ1v) is 7.99. The van der Waals surface area contributed by atoms with Gasteiger partial charge in [-0.05, 0) is 23.6 Å². The number of para-hydroxylation sites is 1. The van der Waals surface area contributed by atoms with Crippen LogP contribution in [0.5, 0.6) is 0 Å². The molecular formula is C17H13NO5S. The molecule has 0 unspecified atom stereocenters. The number of Topliss-reactive ketones (excluding diaryl/α,β-unsaturated/α-hetero) is 2. The van der Waals surface area contributed by atoms with Gasteiger partial charge in [-0.25, -0.2) is 4.79 Å². The summed E-state index contributed by atoms with van der Waals surface area (Å²) < 4.78 is 10.2. The number of carbonyl (C=O) groups is 3. The highest BCUT2D eigenvalue weighted by Gasteiger charge is 2.32. The number of anilines is 1. The second kappa shape index (κ2) is 7.10. The number of hydrogen-bond acceptors (Lipinski definition) is 7. The fraction of sp³-hybridized carbons (Fsp3) is 0.118. The number of ketones is 2. The topological polar surface area (TPSA) is 81.7 Å². The molecule has 122 valence electrons. The summed E-state index contributed by atoms with van der Waals surface area (Å²) in [6.07, 6.45) is 0. The second-order valence-corrected chi connectivity index (χ2v) is 5.83. The van der Waals surface area contributed by atoms with E-state index in [1.54, 1.807) is 41.8 Å². The van der Waals surface area contributed by atoms with Gasteiger partial charge in [-0.2, -0.15) is 0 Å². The Bertz CT molecular complexity index is 796. The van der Waals surface area contributed by atoms with Crippen LogP contribution >= 0.6 is 11.3 Å². The highest BCUT2D eigenvalue weighted by atomic mass is 32.1. The third-order valence-electron chi connectivity index (χ3n) is 3.22. The monoisotopic (exact) mass is 343 g/mol. The molecule has 0 saturated carbocycles. The molecule has 3 rings (SSSR count). The summed E-state index contributed by atoms with van der Waals surface area (Å²) in [6, 6.07) is 12.4. The van der Waals surface area contributed by atoms with Crippen LogP contribution in [0.4, 0.5) is 5.69 Å². The smallest absolute Gasteiger partial charge is 0.347 e. The number of carbonyl (C=O) groups excluding carboxylic acids is 3. The standard InChI is InChI=1S/C17H13NO5S/c19-12(14-7-4-8-24-14)9-23-17(21)15-13(20)10-22-16(15)18-11-5-2-1-3-6-11/h1-8,18H,9-10H2. The molecule has 0 atom stereocenters. The van der Waals surface area contributed by atoms with Crippen LogP contribution in [0.2, 0.25) is 0 Å². The molecular weight excluding hydrogens is 330 g/mol. The molecule has 1 aliphatic heterocycles. The van der Waals surface area contributed by atoms with Crippen LogP contribution in [0.25, 0.3) is 0 Å². The number of thiophene rings is 1. The highest BCUT2D eigenvalue weighted by molar-refractivity contribution is 7.12. The Balaban J connectivity index is 1.69. The molecule has 2 heterocycles. The minimum atomic E-state index is -0.874. The summed E-state index contributed by atoms with van der Waals surface area (Å²) in [7, 11) is 0. The molecule has 1 N–H and O–H groups in total. The summed E-state index contributed by atoms with van der Waals surface area (Å²) in [6.45, 7) is -0.660. The lowest BCUT2D eigenvalue weighted by Gasteiger charge is -2.08. The van der Waals surface area contributed by atoms with E-state index in [4.69, 9.17) is 9.47 Å². The summed E-state index contributed by atoms with van der Waals surface area (Å²) >= 11 is 1.26. The van der Waals surface area contributed by atoms with Gasteiger partial charge in [-0.15, -0.1) is 11.3 Å². The average Bonchev–Trinajstić information content (AvgIpc) is 3.24. The van der Waals surface area contributed by atoms with Crippen molar-refractivity contribution in [2.75, 3.05) is 18.5 Å². The quantitative estimate of drug-likeness (QED) is 0.493. The van der Waals surface area contributed by atoms with E-state index in [2.05, 4.69) is 5.32 Å². The zero-order valence-corrected chi connectivity index (χ0v) is 13.3. The maximum absolute atomic E-state index is 12.2. The van der Waals surface area contributed by atoms with Gasteiger partial charge in [0.25, 0.3) is 0 Å². The molecule has 0 spiro atoms. The third-order valence-corrected chi connectivity index (χ3v) is 4.13. The normalized spacial score (nSPS) is 13.6. The van der Waals surface area contributed by atoms with Gasteiger partial charge in [0.1, 0.15) is 0 Å². The van der Waals surface area contributed by atoms with E-state index >= 15 is 0 Å². The van der Waals surface area contributed by atoms with Crippen LogP contribution in [0.3, 0.4) is 0 Å². The van der Waals surface area contributed by atoms with Gasteiger partial charge in [0, 0.05) is 5.69 Å². The van der Waals surface area contributed by atoms with Crippen molar-refractivity contribution in [3.63, 3.8) is 0 Å². The van der Waals surface area contributed by atoms with Crippen LogP contribution < -0.4 is 5.32 Å². The first kappa shape index (κ1) is 15.9. The van der Waals surface area contributed by atoms with E-state index in [1.807, 2.05) is 6.07 Å². The second-order valence-electron chi connectivity index (χ2n) is 4.88. The summed E-state index contributed by atoms with van der Waals surface area (Å²) in [5.74, 6) is -1.63. The average molecular weight is 343 g/mol. The molecule has 7 heteroatoms. The fourth-order valence-corrected chi connectivity index (χ4v) is 2.73. The van der Waals surface area contributed by atoms with Crippen LogP contribution in [0.1, 0.15) is 9.67 Å². The Kier molecular flexibility index (Phi) is 4.72. The van der Waals surface area contributed by atoms with Gasteiger partial charge in [-0.1, -0.05) is 24.3 Å². The van der Waals surface area contributed by atoms with Crippen LogP contribution in [0.15, 0.2) is 59.3 Å². The molecule has 1 aromatic carbocycles. The van der Waals surface area contributed by atoms with Gasteiger partial charge >= 0.3 is 5.97 Å². The SMILES string of the molecule is O=C1COC(Nc2ccccc2)=C1C(=O)OCC(=O)c1cccs1. The van der Waals surface area contributed by atoms with E-state index in [0.717, 1.165) is 0 Å². The van der Waals surface area contributed by atoms with Gasteiger partial charge < -0.3 is 14.8 Å². The van der Waals surface area contributed by atoms with Gasteiger partial charge in [0.15, 0.2) is 18.8 Å². The number of nitrogens with one attached hydrogen (secondary N) is 1. The Morgan fingerprint density at radius 2 is 1.96 bits per heavy atom. The van der Waals surface area contributed by atoms with E-state index in [1.165, 1.54) is 11.3 Å². The Morgan fingerprint density at radius 3 is 2.67 bits per heavy atom.